The van der Waals surface area contributed by atoms with Gasteiger partial charge in [0.05, 0.1) is 36.5 Å². The molecule has 1 amide bonds. The van der Waals surface area contributed by atoms with Crippen molar-refractivity contribution in [3.63, 3.8) is 0 Å². The van der Waals surface area contributed by atoms with Gasteiger partial charge in [-0.05, 0) is 18.9 Å². The van der Waals surface area contributed by atoms with Gasteiger partial charge in [-0.3, -0.25) is 4.79 Å². The number of thioether (sulfide) groups is 1. The smallest absolute Gasteiger partial charge is 0.257 e. The van der Waals surface area contributed by atoms with E-state index < -0.39 is 5.91 Å². The van der Waals surface area contributed by atoms with E-state index in [4.69, 9.17) is 20.9 Å². The molecular formula is C19H30N4O3S. The van der Waals surface area contributed by atoms with Crippen LogP contribution in [0.25, 0.3) is 0 Å². The van der Waals surface area contributed by atoms with E-state index in [1.165, 1.54) is 28.7 Å². The van der Waals surface area contributed by atoms with Gasteiger partial charge in [0.2, 0.25) is 0 Å². The van der Waals surface area contributed by atoms with Crippen molar-refractivity contribution in [2.45, 2.75) is 38.7 Å². The second-order valence-electron chi connectivity index (χ2n) is 6.81. The minimum absolute atomic E-state index is 0.00982. The Hall–Kier alpha value is -1.64. The number of carbonyl (C=O) groups is 1. The molecule has 0 spiro atoms. The van der Waals surface area contributed by atoms with Gasteiger partial charge in [-0.25, -0.2) is 0 Å². The van der Waals surface area contributed by atoms with Crippen molar-refractivity contribution in [1.29, 1.82) is 0 Å². The van der Waals surface area contributed by atoms with Gasteiger partial charge in [0.1, 0.15) is 11.2 Å². The van der Waals surface area contributed by atoms with Gasteiger partial charge in [0, 0.05) is 31.3 Å². The molecule has 8 heteroatoms. The highest BCUT2D eigenvalue weighted by Gasteiger charge is 2.44. The number of ether oxygens (including phenoxy) is 2. The molecule has 0 radical (unpaired) electrons. The molecule has 150 valence electrons. The summed E-state index contributed by atoms with van der Waals surface area (Å²) in [6.45, 7) is 9.78. The zero-order valence-electron chi connectivity index (χ0n) is 16.6. The average Bonchev–Trinajstić information content (AvgIpc) is 3.03. The van der Waals surface area contributed by atoms with Crippen molar-refractivity contribution in [2.75, 3.05) is 40.0 Å². The first-order valence-corrected chi connectivity index (χ1v) is 10.5. The molecule has 2 unspecified atom stereocenters. The van der Waals surface area contributed by atoms with E-state index >= 15 is 0 Å². The molecule has 0 aliphatic carbocycles. The molecule has 7 nitrogen and oxygen atoms in total. The minimum Gasteiger partial charge on any atom is -0.397 e. The quantitative estimate of drug-likeness (QED) is 0.730. The highest BCUT2D eigenvalue weighted by molar-refractivity contribution is 8.05. The van der Waals surface area contributed by atoms with Crippen LogP contribution in [-0.2, 0) is 14.3 Å². The lowest BCUT2D eigenvalue weighted by Gasteiger charge is -2.45. The summed E-state index contributed by atoms with van der Waals surface area (Å²) >= 11 is 1.46. The Labute approximate surface area is 165 Å². The second-order valence-corrected chi connectivity index (χ2v) is 7.90. The topological polar surface area (TPSA) is 94.0 Å². The number of fused-ring (bicyclic) bond motifs is 2. The first-order chi connectivity index (χ1) is 13.0. The Morgan fingerprint density at radius 3 is 2.52 bits per heavy atom. The predicted molar refractivity (Wildman–Crippen MR) is 107 cm³/mol. The van der Waals surface area contributed by atoms with Gasteiger partial charge >= 0.3 is 0 Å². The third-order valence-electron chi connectivity index (χ3n) is 5.19. The molecule has 0 saturated carbocycles. The van der Waals surface area contributed by atoms with E-state index in [-0.39, 0.29) is 11.5 Å². The van der Waals surface area contributed by atoms with E-state index in [2.05, 4.69) is 23.8 Å². The van der Waals surface area contributed by atoms with Crippen LogP contribution >= 0.6 is 11.8 Å². The number of nitrogens with zero attached hydrogens (tertiary/aromatic N) is 2. The Kier molecular flexibility index (Phi) is 6.08. The van der Waals surface area contributed by atoms with Crippen LogP contribution in [0, 0.1) is 0 Å². The van der Waals surface area contributed by atoms with E-state index in [0.29, 0.717) is 17.2 Å². The molecule has 0 bridgehead atoms. The van der Waals surface area contributed by atoms with Crippen molar-refractivity contribution in [3.05, 3.63) is 33.1 Å². The lowest BCUT2D eigenvalue weighted by Crippen LogP contribution is -2.47. The molecule has 0 aromatic heterocycles. The van der Waals surface area contributed by atoms with Gasteiger partial charge in [-0.15, -0.1) is 0 Å². The summed E-state index contributed by atoms with van der Waals surface area (Å²) in [6.07, 6.45) is 0.938. The Bertz CT molecular complexity index is 710. The summed E-state index contributed by atoms with van der Waals surface area (Å²) in [5, 5.41) is -0.00982. The third kappa shape index (κ3) is 3.46. The summed E-state index contributed by atoms with van der Waals surface area (Å²) in [5.74, 6) is 0.720. The van der Waals surface area contributed by atoms with Crippen molar-refractivity contribution in [2.24, 2.45) is 11.5 Å². The molecule has 2 atom stereocenters. The fourth-order valence-corrected chi connectivity index (χ4v) is 5.25. The highest BCUT2D eigenvalue weighted by Crippen LogP contribution is 2.50. The average molecular weight is 395 g/mol. The van der Waals surface area contributed by atoms with Crippen LogP contribution in [0.1, 0.15) is 27.2 Å². The number of hydrogen-bond acceptors (Lipinski definition) is 7. The van der Waals surface area contributed by atoms with E-state index in [1.54, 1.807) is 0 Å². The standard InChI is InChI=1S/C17H24N4O3S.C2H6/c1-9-7-10-11(8-24-9)16(21-3-5-23-6-4-21)20(2)17-12(10)13(18)14(25-17)15(19)22;1-2/h9,17H,3-8,18H2,1-2H3,(H2,19,22);1-2H3. The molecule has 0 aromatic carbocycles. The van der Waals surface area contributed by atoms with E-state index in [0.717, 1.165) is 38.3 Å². The SMILES string of the molecule is CC.CC1CC2=C3C(N)=C(C(N)=O)SC3N(C)C(N3CCOCC3)=C2CO1. The van der Waals surface area contributed by atoms with E-state index in [1.807, 2.05) is 13.8 Å². The van der Waals surface area contributed by atoms with Crippen molar-refractivity contribution in [1.82, 2.24) is 9.80 Å². The molecule has 4 N–H and O–H groups in total. The van der Waals surface area contributed by atoms with Crippen molar-refractivity contribution < 1.29 is 14.3 Å². The fourth-order valence-electron chi connectivity index (χ4n) is 4.03. The summed E-state index contributed by atoms with van der Waals surface area (Å²) < 4.78 is 11.5. The predicted octanol–water partition coefficient (Wildman–Crippen LogP) is 1.34. The van der Waals surface area contributed by atoms with Gasteiger partial charge in [-0.1, -0.05) is 25.6 Å². The number of primary amides is 1. The second kappa shape index (κ2) is 8.16. The molecule has 27 heavy (non-hydrogen) atoms. The van der Waals surface area contributed by atoms with Crippen LogP contribution < -0.4 is 11.5 Å². The van der Waals surface area contributed by atoms with Crippen LogP contribution in [-0.4, -0.2) is 67.1 Å². The van der Waals surface area contributed by atoms with Gasteiger partial charge in [0.15, 0.2) is 0 Å². The largest absolute Gasteiger partial charge is 0.397 e. The Morgan fingerprint density at radius 2 is 1.89 bits per heavy atom. The molecule has 2 fully saturated rings. The van der Waals surface area contributed by atoms with Crippen LogP contribution in [0.2, 0.25) is 0 Å². The van der Waals surface area contributed by atoms with Gasteiger partial charge < -0.3 is 30.7 Å². The number of likely N-dealkylation sites (N-methyl/N-ethyl adjacent to an activating group) is 1. The monoisotopic (exact) mass is 394 g/mol. The van der Waals surface area contributed by atoms with Crippen molar-refractivity contribution in [3.8, 4) is 0 Å². The molecular weight excluding hydrogens is 364 g/mol. The van der Waals surface area contributed by atoms with Crippen LogP contribution in [0.3, 0.4) is 0 Å². The van der Waals surface area contributed by atoms with Crippen LogP contribution in [0.4, 0.5) is 0 Å². The highest BCUT2D eigenvalue weighted by atomic mass is 32.2. The molecule has 4 heterocycles. The van der Waals surface area contributed by atoms with Crippen molar-refractivity contribution >= 4 is 17.7 Å². The normalized spacial score (nSPS) is 28.0. The summed E-state index contributed by atoms with van der Waals surface area (Å²) in [4.78, 5) is 16.9. The first kappa shape index (κ1) is 20.1. The Morgan fingerprint density at radius 1 is 1.22 bits per heavy atom. The maximum Gasteiger partial charge on any atom is 0.257 e. The molecule has 0 aromatic rings. The number of hydrogen-bond donors (Lipinski definition) is 2. The number of nitrogens with two attached hydrogens (primary N) is 2. The molecule has 4 aliphatic rings. The lowest BCUT2D eigenvalue weighted by molar-refractivity contribution is -0.113. The number of carbonyl (C=O) groups excluding carboxylic acids is 1. The first-order valence-electron chi connectivity index (χ1n) is 9.59. The van der Waals surface area contributed by atoms with Gasteiger partial charge in [0.25, 0.3) is 5.91 Å². The van der Waals surface area contributed by atoms with Crippen LogP contribution in [0.5, 0.6) is 0 Å². The zero-order chi connectivity index (χ0) is 19.7. The molecule has 4 aliphatic heterocycles. The zero-order valence-corrected chi connectivity index (χ0v) is 17.4. The van der Waals surface area contributed by atoms with Crippen LogP contribution in [0.15, 0.2) is 33.1 Å². The minimum atomic E-state index is -0.451. The third-order valence-corrected chi connectivity index (χ3v) is 6.63. The lowest BCUT2D eigenvalue weighted by atomic mass is 9.88. The maximum atomic E-state index is 11.8. The van der Waals surface area contributed by atoms with E-state index in [9.17, 15) is 4.79 Å². The molecule has 2 saturated heterocycles. The Balaban J connectivity index is 0.00000102. The summed E-state index contributed by atoms with van der Waals surface area (Å²) in [7, 11) is 2.06. The number of morpholine rings is 1. The fraction of sp³-hybridized carbons (Fsp3) is 0.632. The molecule has 4 rings (SSSR count). The van der Waals surface area contributed by atoms with Gasteiger partial charge in [-0.2, -0.15) is 0 Å². The maximum absolute atomic E-state index is 11.8. The summed E-state index contributed by atoms with van der Waals surface area (Å²) in [6, 6.07) is 0. The summed E-state index contributed by atoms with van der Waals surface area (Å²) in [5.41, 5.74) is 15.9. The number of rotatable bonds is 2. The number of amides is 1.